The number of fused-ring (bicyclic) bond motifs is 1. The van der Waals surface area contributed by atoms with Crippen molar-refractivity contribution in [2.45, 2.75) is 13.0 Å². The van der Waals surface area contributed by atoms with Gasteiger partial charge < -0.3 is 10.6 Å². The standard InChI is InChI=1S/C12H14N2S/c1-8-5-10-11(14-6-9(13)7-14)3-2-4-12(10)15-8/h2-5,9H,6-7,13H2,1H3. The van der Waals surface area contributed by atoms with Crippen LogP contribution in [0.15, 0.2) is 24.3 Å². The highest BCUT2D eigenvalue weighted by Crippen LogP contribution is 2.34. The van der Waals surface area contributed by atoms with Gasteiger partial charge in [0.15, 0.2) is 0 Å². The average Bonchev–Trinajstić information content (AvgIpc) is 2.53. The summed E-state index contributed by atoms with van der Waals surface area (Å²) in [7, 11) is 0. The summed E-state index contributed by atoms with van der Waals surface area (Å²) in [5.74, 6) is 0. The van der Waals surface area contributed by atoms with E-state index in [1.165, 1.54) is 20.7 Å². The van der Waals surface area contributed by atoms with E-state index < -0.39 is 0 Å². The van der Waals surface area contributed by atoms with Crippen molar-refractivity contribution < 1.29 is 0 Å². The predicted molar refractivity (Wildman–Crippen MR) is 66.8 cm³/mol. The summed E-state index contributed by atoms with van der Waals surface area (Å²) in [6.07, 6.45) is 0. The van der Waals surface area contributed by atoms with E-state index >= 15 is 0 Å². The molecule has 2 N–H and O–H groups in total. The molecule has 1 aromatic carbocycles. The van der Waals surface area contributed by atoms with Crippen molar-refractivity contribution >= 4 is 27.1 Å². The third-order valence-corrected chi connectivity index (χ3v) is 3.93. The first-order valence-corrected chi connectivity index (χ1v) is 6.05. The van der Waals surface area contributed by atoms with Crippen molar-refractivity contribution in [2.24, 2.45) is 5.73 Å². The molecule has 0 aliphatic carbocycles. The molecule has 0 spiro atoms. The maximum atomic E-state index is 5.82. The van der Waals surface area contributed by atoms with Gasteiger partial charge in [0, 0.05) is 39.8 Å². The number of hydrogen-bond donors (Lipinski definition) is 1. The molecule has 1 saturated heterocycles. The van der Waals surface area contributed by atoms with E-state index in [2.05, 4.69) is 36.1 Å². The topological polar surface area (TPSA) is 29.3 Å². The Bertz CT molecular complexity index is 497. The summed E-state index contributed by atoms with van der Waals surface area (Å²) in [5.41, 5.74) is 7.16. The lowest BCUT2D eigenvalue weighted by Gasteiger charge is -2.39. The van der Waals surface area contributed by atoms with E-state index in [4.69, 9.17) is 5.73 Å². The van der Waals surface area contributed by atoms with Gasteiger partial charge in [-0.05, 0) is 25.1 Å². The molecular weight excluding hydrogens is 204 g/mol. The fraction of sp³-hybridized carbons (Fsp3) is 0.333. The Labute approximate surface area is 93.3 Å². The fourth-order valence-electron chi connectivity index (χ4n) is 2.16. The van der Waals surface area contributed by atoms with Crippen molar-refractivity contribution in [3.05, 3.63) is 29.1 Å². The number of aryl methyl sites for hydroxylation is 1. The lowest BCUT2D eigenvalue weighted by Crippen LogP contribution is -2.55. The van der Waals surface area contributed by atoms with Crippen molar-refractivity contribution in [3.63, 3.8) is 0 Å². The molecule has 1 aromatic heterocycles. The van der Waals surface area contributed by atoms with E-state index in [1.54, 1.807) is 0 Å². The molecule has 0 radical (unpaired) electrons. The van der Waals surface area contributed by atoms with Gasteiger partial charge in [0.1, 0.15) is 0 Å². The summed E-state index contributed by atoms with van der Waals surface area (Å²) in [5, 5.41) is 1.38. The van der Waals surface area contributed by atoms with E-state index in [9.17, 15) is 0 Å². The third kappa shape index (κ3) is 1.43. The molecule has 2 heterocycles. The molecule has 3 heteroatoms. The van der Waals surface area contributed by atoms with Crippen LogP contribution in [0, 0.1) is 6.92 Å². The molecule has 1 fully saturated rings. The lowest BCUT2D eigenvalue weighted by molar-refractivity contribution is 0.521. The number of benzene rings is 1. The molecule has 1 aliphatic heterocycles. The molecule has 2 aromatic rings. The Kier molecular flexibility index (Phi) is 1.97. The summed E-state index contributed by atoms with van der Waals surface area (Å²) in [6.45, 7) is 4.15. The fourth-order valence-corrected chi connectivity index (χ4v) is 3.10. The second-order valence-corrected chi connectivity index (χ2v) is 5.50. The molecule has 2 nitrogen and oxygen atoms in total. The molecule has 3 rings (SSSR count). The number of anilines is 1. The molecule has 1 aliphatic rings. The number of rotatable bonds is 1. The minimum Gasteiger partial charge on any atom is -0.368 e. The molecule has 0 amide bonds. The zero-order chi connectivity index (χ0) is 10.4. The summed E-state index contributed by atoms with van der Waals surface area (Å²) < 4.78 is 1.38. The second-order valence-electron chi connectivity index (χ2n) is 4.21. The maximum absolute atomic E-state index is 5.82. The van der Waals surface area contributed by atoms with Crippen molar-refractivity contribution in [1.82, 2.24) is 0 Å². The molecule has 0 bridgehead atoms. The minimum absolute atomic E-state index is 0.361. The minimum atomic E-state index is 0.361. The van der Waals surface area contributed by atoms with Crippen LogP contribution in [0.1, 0.15) is 4.88 Å². The summed E-state index contributed by atoms with van der Waals surface area (Å²) in [6, 6.07) is 9.16. The van der Waals surface area contributed by atoms with Crippen LogP contribution in [0.5, 0.6) is 0 Å². The van der Waals surface area contributed by atoms with Gasteiger partial charge in [-0.3, -0.25) is 0 Å². The van der Waals surface area contributed by atoms with Crippen LogP contribution in [0.2, 0.25) is 0 Å². The van der Waals surface area contributed by atoms with E-state index in [-0.39, 0.29) is 0 Å². The van der Waals surface area contributed by atoms with Gasteiger partial charge >= 0.3 is 0 Å². The highest BCUT2D eigenvalue weighted by atomic mass is 32.1. The summed E-state index contributed by atoms with van der Waals surface area (Å²) >= 11 is 1.86. The van der Waals surface area contributed by atoms with Gasteiger partial charge in [-0.1, -0.05) is 6.07 Å². The van der Waals surface area contributed by atoms with Crippen LogP contribution in [0.25, 0.3) is 10.1 Å². The van der Waals surface area contributed by atoms with E-state index in [0.717, 1.165) is 13.1 Å². The maximum Gasteiger partial charge on any atom is 0.0455 e. The first-order chi connectivity index (χ1) is 7.24. The molecule has 0 unspecified atom stereocenters. The Balaban J connectivity index is 2.09. The first kappa shape index (κ1) is 9.19. The average molecular weight is 218 g/mol. The summed E-state index contributed by atoms with van der Waals surface area (Å²) in [4.78, 5) is 3.74. The number of nitrogens with zero attached hydrogens (tertiary/aromatic N) is 1. The van der Waals surface area contributed by atoms with Gasteiger partial charge in [0.2, 0.25) is 0 Å². The Morgan fingerprint density at radius 2 is 2.20 bits per heavy atom. The molecular formula is C12H14N2S. The normalized spacial score (nSPS) is 17.1. The molecule has 0 saturated carbocycles. The van der Waals surface area contributed by atoms with Crippen LogP contribution in [-0.4, -0.2) is 19.1 Å². The first-order valence-electron chi connectivity index (χ1n) is 5.24. The van der Waals surface area contributed by atoms with Crippen LogP contribution < -0.4 is 10.6 Å². The highest BCUT2D eigenvalue weighted by molar-refractivity contribution is 7.19. The van der Waals surface area contributed by atoms with Gasteiger partial charge in [0.25, 0.3) is 0 Å². The van der Waals surface area contributed by atoms with Crippen LogP contribution in [-0.2, 0) is 0 Å². The smallest absolute Gasteiger partial charge is 0.0455 e. The van der Waals surface area contributed by atoms with Crippen LogP contribution >= 0.6 is 11.3 Å². The van der Waals surface area contributed by atoms with E-state index in [0.29, 0.717) is 6.04 Å². The number of thiophene rings is 1. The zero-order valence-corrected chi connectivity index (χ0v) is 9.55. The lowest BCUT2D eigenvalue weighted by atomic mass is 10.1. The van der Waals surface area contributed by atoms with Gasteiger partial charge in [-0.2, -0.15) is 0 Å². The Morgan fingerprint density at radius 3 is 2.93 bits per heavy atom. The SMILES string of the molecule is Cc1cc2c(N3CC(N)C3)cccc2s1. The molecule has 0 atom stereocenters. The van der Waals surface area contributed by atoms with E-state index in [1.807, 2.05) is 11.3 Å². The largest absolute Gasteiger partial charge is 0.368 e. The Hall–Kier alpha value is -1.06. The van der Waals surface area contributed by atoms with Crippen molar-refractivity contribution in [2.75, 3.05) is 18.0 Å². The highest BCUT2D eigenvalue weighted by Gasteiger charge is 2.24. The van der Waals surface area contributed by atoms with Crippen LogP contribution in [0.3, 0.4) is 0 Å². The quantitative estimate of drug-likeness (QED) is 0.796. The van der Waals surface area contributed by atoms with Crippen LogP contribution in [0.4, 0.5) is 5.69 Å². The molecule has 78 valence electrons. The third-order valence-electron chi connectivity index (χ3n) is 2.91. The van der Waals surface area contributed by atoms with Crippen molar-refractivity contribution in [1.29, 1.82) is 0 Å². The Morgan fingerprint density at radius 1 is 1.40 bits per heavy atom. The van der Waals surface area contributed by atoms with Gasteiger partial charge in [0.05, 0.1) is 0 Å². The van der Waals surface area contributed by atoms with Crippen molar-refractivity contribution in [3.8, 4) is 0 Å². The zero-order valence-electron chi connectivity index (χ0n) is 8.73. The second kappa shape index (κ2) is 3.22. The predicted octanol–water partition coefficient (Wildman–Crippen LogP) is 2.36. The van der Waals surface area contributed by atoms with Gasteiger partial charge in [-0.25, -0.2) is 0 Å². The molecule has 15 heavy (non-hydrogen) atoms. The number of hydrogen-bond acceptors (Lipinski definition) is 3. The number of nitrogens with two attached hydrogens (primary N) is 1. The van der Waals surface area contributed by atoms with Gasteiger partial charge in [-0.15, -0.1) is 11.3 Å². The monoisotopic (exact) mass is 218 g/mol.